The molecule has 4 heterocycles. The lowest BCUT2D eigenvalue weighted by Crippen LogP contribution is -2.41. The van der Waals surface area contributed by atoms with Gasteiger partial charge in [-0.2, -0.15) is 0 Å². The van der Waals surface area contributed by atoms with Gasteiger partial charge in [0.1, 0.15) is 5.82 Å². The van der Waals surface area contributed by atoms with Gasteiger partial charge in [-0.05, 0) is 51.7 Å². The molecule has 0 unspecified atom stereocenters. The summed E-state index contributed by atoms with van der Waals surface area (Å²) in [5.74, 6) is 2.14. The summed E-state index contributed by atoms with van der Waals surface area (Å²) in [6.07, 6.45) is 9.23. The van der Waals surface area contributed by atoms with Gasteiger partial charge in [0.15, 0.2) is 0 Å². The molecular formula is C22H31N3O2. The number of amides is 1. The Morgan fingerprint density at radius 1 is 1.48 bits per heavy atom. The molecule has 27 heavy (non-hydrogen) atoms. The van der Waals surface area contributed by atoms with Crippen LogP contribution in [0.15, 0.2) is 30.4 Å². The van der Waals surface area contributed by atoms with Crippen molar-refractivity contribution in [3.63, 3.8) is 0 Å². The fraction of sp³-hybridized carbons (Fsp3) is 0.636. The fourth-order valence-corrected chi connectivity index (χ4v) is 5.21. The Morgan fingerprint density at radius 2 is 2.37 bits per heavy atom. The molecule has 4 atom stereocenters. The molecular weight excluding hydrogens is 338 g/mol. The maximum absolute atomic E-state index is 12.2. The first kappa shape index (κ1) is 18.5. The maximum Gasteiger partial charge on any atom is 0.220 e. The highest BCUT2D eigenvalue weighted by atomic mass is 16.5. The summed E-state index contributed by atoms with van der Waals surface area (Å²) in [6.45, 7) is 6.71. The van der Waals surface area contributed by atoms with Crippen LogP contribution in [0, 0.1) is 18.8 Å². The van der Waals surface area contributed by atoms with Crippen LogP contribution in [-0.2, 0) is 9.53 Å². The number of rotatable bonds is 7. The summed E-state index contributed by atoms with van der Waals surface area (Å²) >= 11 is 0. The van der Waals surface area contributed by atoms with Crippen LogP contribution in [-0.4, -0.2) is 42.2 Å². The smallest absolute Gasteiger partial charge is 0.220 e. The number of aromatic nitrogens is 1. The standard InChI is InChI=1S/C22H31N3O2/c1-3-4-5-6-10-21(26)23-13-17-18-14-25(20-9-7-8-16(2)24-20)15-22(18)12-11-19(17)27-22/h3-4,7-9,17-19H,5-6,10-15H2,1-2H3,(H,23,26)/t17-,18+,19+,22+/m0/s1. The number of nitrogens with zero attached hydrogens (tertiary/aromatic N) is 2. The third kappa shape index (κ3) is 3.62. The quantitative estimate of drug-likeness (QED) is 0.592. The molecule has 1 aromatic rings. The monoisotopic (exact) mass is 369 g/mol. The third-order valence-corrected chi connectivity index (χ3v) is 6.53. The Hall–Kier alpha value is -1.88. The van der Waals surface area contributed by atoms with E-state index in [-0.39, 0.29) is 11.5 Å². The largest absolute Gasteiger partial charge is 0.369 e. The van der Waals surface area contributed by atoms with Gasteiger partial charge in [0, 0.05) is 43.6 Å². The number of anilines is 1. The first-order valence-electron chi connectivity index (χ1n) is 10.4. The van der Waals surface area contributed by atoms with Crippen molar-refractivity contribution in [1.82, 2.24) is 10.3 Å². The van der Waals surface area contributed by atoms with Crippen LogP contribution in [0.2, 0.25) is 0 Å². The van der Waals surface area contributed by atoms with Crippen molar-refractivity contribution in [3.8, 4) is 0 Å². The predicted molar refractivity (Wildman–Crippen MR) is 107 cm³/mol. The van der Waals surface area contributed by atoms with Gasteiger partial charge >= 0.3 is 0 Å². The Kier molecular flexibility index (Phi) is 5.22. The number of unbranched alkanes of at least 4 members (excludes halogenated alkanes) is 1. The van der Waals surface area contributed by atoms with Crippen molar-refractivity contribution in [1.29, 1.82) is 0 Å². The number of hydrogen-bond acceptors (Lipinski definition) is 4. The van der Waals surface area contributed by atoms with Gasteiger partial charge in [-0.3, -0.25) is 4.79 Å². The number of carbonyl (C=O) groups is 1. The SMILES string of the molecule is CC=CCCCC(=O)NC[C@H]1[C@H]2CN(c3cccc(C)n3)C[C@]23CC[C@H]1O3. The van der Waals surface area contributed by atoms with Crippen LogP contribution in [0.4, 0.5) is 5.82 Å². The lowest BCUT2D eigenvalue weighted by atomic mass is 9.73. The maximum atomic E-state index is 12.2. The topological polar surface area (TPSA) is 54.5 Å². The van der Waals surface area contributed by atoms with E-state index in [2.05, 4.69) is 28.4 Å². The van der Waals surface area contributed by atoms with Gasteiger partial charge in [-0.25, -0.2) is 4.98 Å². The molecule has 1 spiro atoms. The highest BCUT2D eigenvalue weighted by Crippen LogP contribution is 2.55. The van der Waals surface area contributed by atoms with E-state index < -0.39 is 0 Å². The minimum absolute atomic E-state index is 0.0303. The van der Waals surface area contributed by atoms with Gasteiger partial charge in [0.25, 0.3) is 0 Å². The molecule has 4 rings (SSSR count). The number of fused-ring (bicyclic) bond motifs is 1. The lowest BCUT2D eigenvalue weighted by Gasteiger charge is -2.29. The van der Waals surface area contributed by atoms with Gasteiger partial charge in [-0.15, -0.1) is 0 Å². The molecule has 0 saturated carbocycles. The molecule has 1 N–H and O–H groups in total. The summed E-state index contributed by atoms with van der Waals surface area (Å²) in [5.41, 5.74) is 1.02. The zero-order chi connectivity index (χ0) is 18.9. The normalized spacial score (nSPS) is 31.6. The van der Waals surface area contributed by atoms with Gasteiger partial charge in [-0.1, -0.05) is 18.2 Å². The zero-order valence-electron chi connectivity index (χ0n) is 16.5. The van der Waals surface area contributed by atoms with Crippen molar-refractivity contribution >= 4 is 11.7 Å². The predicted octanol–water partition coefficient (Wildman–Crippen LogP) is 3.24. The highest BCUT2D eigenvalue weighted by Gasteiger charge is 2.63. The minimum Gasteiger partial charge on any atom is -0.369 e. The van der Waals surface area contributed by atoms with Gasteiger partial charge in [0.2, 0.25) is 5.91 Å². The molecule has 5 nitrogen and oxygen atoms in total. The molecule has 0 aliphatic carbocycles. The van der Waals surface area contributed by atoms with Crippen LogP contribution in [0.25, 0.3) is 0 Å². The van der Waals surface area contributed by atoms with E-state index in [0.29, 0.717) is 24.4 Å². The molecule has 146 valence electrons. The zero-order valence-corrected chi connectivity index (χ0v) is 16.5. The van der Waals surface area contributed by atoms with E-state index in [1.807, 2.05) is 26.0 Å². The van der Waals surface area contributed by atoms with E-state index in [4.69, 9.17) is 9.72 Å². The van der Waals surface area contributed by atoms with Crippen LogP contribution < -0.4 is 10.2 Å². The van der Waals surface area contributed by atoms with Crippen molar-refractivity contribution in [3.05, 3.63) is 36.0 Å². The minimum atomic E-state index is -0.0303. The number of carbonyl (C=O) groups excluding carboxylic acids is 1. The second-order valence-corrected chi connectivity index (χ2v) is 8.31. The average molecular weight is 370 g/mol. The lowest BCUT2D eigenvalue weighted by molar-refractivity contribution is -0.121. The number of pyridine rings is 1. The summed E-state index contributed by atoms with van der Waals surface area (Å²) in [4.78, 5) is 19.3. The Morgan fingerprint density at radius 3 is 3.19 bits per heavy atom. The molecule has 3 saturated heterocycles. The number of aryl methyl sites for hydroxylation is 1. The Balaban J connectivity index is 1.36. The van der Waals surface area contributed by atoms with Crippen molar-refractivity contribution in [2.45, 2.75) is 57.7 Å². The number of nitrogens with one attached hydrogen (secondary N) is 1. The van der Waals surface area contributed by atoms with Crippen molar-refractivity contribution in [2.24, 2.45) is 11.8 Å². The molecule has 1 amide bonds. The van der Waals surface area contributed by atoms with Crippen LogP contribution >= 0.6 is 0 Å². The molecule has 3 aliphatic heterocycles. The third-order valence-electron chi connectivity index (χ3n) is 6.53. The van der Waals surface area contributed by atoms with Crippen molar-refractivity contribution in [2.75, 3.05) is 24.5 Å². The second kappa shape index (κ2) is 7.63. The van der Waals surface area contributed by atoms with E-state index in [1.165, 1.54) is 0 Å². The molecule has 0 aromatic carbocycles. The van der Waals surface area contributed by atoms with E-state index >= 15 is 0 Å². The Bertz CT molecular complexity index is 719. The van der Waals surface area contributed by atoms with Gasteiger partial charge < -0.3 is 15.0 Å². The highest BCUT2D eigenvalue weighted by molar-refractivity contribution is 5.75. The van der Waals surface area contributed by atoms with Crippen LogP contribution in [0.3, 0.4) is 0 Å². The van der Waals surface area contributed by atoms with E-state index in [0.717, 1.165) is 56.8 Å². The molecule has 1 aromatic heterocycles. The molecule has 0 radical (unpaired) electrons. The number of ether oxygens (including phenoxy) is 1. The fourth-order valence-electron chi connectivity index (χ4n) is 5.21. The molecule has 2 bridgehead atoms. The van der Waals surface area contributed by atoms with Crippen LogP contribution in [0.5, 0.6) is 0 Å². The summed E-state index contributed by atoms with van der Waals surface area (Å²) in [7, 11) is 0. The van der Waals surface area contributed by atoms with Gasteiger partial charge in [0.05, 0.1) is 11.7 Å². The van der Waals surface area contributed by atoms with E-state index in [1.54, 1.807) is 0 Å². The van der Waals surface area contributed by atoms with Crippen molar-refractivity contribution < 1.29 is 9.53 Å². The molecule has 5 heteroatoms. The second-order valence-electron chi connectivity index (χ2n) is 8.31. The average Bonchev–Trinajstić information content (AvgIpc) is 3.32. The first-order chi connectivity index (χ1) is 13.1. The number of hydrogen-bond donors (Lipinski definition) is 1. The summed E-state index contributed by atoms with van der Waals surface area (Å²) in [5, 5.41) is 3.18. The first-order valence-corrected chi connectivity index (χ1v) is 10.4. The van der Waals surface area contributed by atoms with Crippen LogP contribution in [0.1, 0.15) is 44.7 Å². The molecule has 3 fully saturated rings. The summed E-state index contributed by atoms with van der Waals surface area (Å²) in [6, 6.07) is 6.21. The number of allylic oxidation sites excluding steroid dienone is 2. The molecule has 3 aliphatic rings. The Labute approximate surface area is 162 Å². The van der Waals surface area contributed by atoms with E-state index in [9.17, 15) is 4.79 Å². The summed E-state index contributed by atoms with van der Waals surface area (Å²) < 4.78 is 6.49.